The normalized spacial score (nSPS) is 49.6. The van der Waals surface area contributed by atoms with E-state index in [9.17, 15) is 0 Å². The number of nitrogens with two attached hydrogens (primary N) is 1. The summed E-state index contributed by atoms with van der Waals surface area (Å²) in [6.07, 6.45) is 0. The molecule has 1 saturated heterocycles. The van der Waals surface area contributed by atoms with Crippen LogP contribution in [-0.2, 0) is 0 Å². The Bertz CT molecular complexity index is 218. The molecule has 0 saturated carbocycles. The first-order valence-electron chi connectivity index (χ1n) is 4.44. The van der Waals surface area contributed by atoms with E-state index in [0.29, 0.717) is 11.1 Å². The first-order valence-corrected chi connectivity index (χ1v) is 6.30. The maximum atomic E-state index is 6.18. The summed E-state index contributed by atoms with van der Waals surface area (Å²) >= 11 is 12.3. The Labute approximate surface area is 95.6 Å². The highest BCUT2D eigenvalue weighted by Crippen LogP contribution is 2.64. The predicted octanol–water partition coefficient (Wildman–Crippen LogP) is 2.94. The molecule has 0 spiro atoms. The van der Waals surface area contributed by atoms with Crippen molar-refractivity contribution in [1.29, 1.82) is 0 Å². The van der Waals surface area contributed by atoms with Crippen LogP contribution in [0.15, 0.2) is 0 Å². The van der Waals surface area contributed by atoms with Crippen LogP contribution in [0.2, 0.25) is 0 Å². The van der Waals surface area contributed by atoms with E-state index >= 15 is 0 Å². The summed E-state index contributed by atoms with van der Waals surface area (Å²) in [5, 5.41) is 0.485. The van der Waals surface area contributed by atoms with Gasteiger partial charge in [-0.2, -0.15) is 0 Å². The Balaban J connectivity index is 3.14. The van der Waals surface area contributed by atoms with Crippen LogP contribution in [0.5, 0.6) is 0 Å². The number of halogens is 1. The van der Waals surface area contributed by atoms with Crippen molar-refractivity contribution in [2.24, 2.45) is 16.6 Å². The first-order chi connectivity index (χ1) is 5.69. The van der Waals surface area contributed by atoms with Crippen LogP contribution in [0.1, 0.15) is 27.7 Å². The van der Waals surface area contributed by atoms with Gasteiger partial charge in [0.25, 0.3) is 0 Å². The maximum Gasteiger partial charge on any atom is 0.113 e. The van der Waals surface area contributed by atoms with Crippen molar-refractivity contribution in [1.82, 2.24) is 0 Å². The molecule has 0 bridgehead atoms. The van der Waals surface area contributed by atoms with Crippen LogP contribution in [0, 0.1) is 10.8 Å². The van der Waals surface area contributed by atoms with E-state index in [1.54, 1.807) is 11.8 Å². The molecule has 0 aliphatic carbocycles. The van der Waals surface area contributed by atoms with Gasteiger partial charge in [-0.15, -0.1) is 36.0 Å². The third kappa shape index (κ3) is 1.43. The summed E-state index contributed by atoms with van der Waals surface area (Å²) in [5.41, 5.74) is 6.17. The second-order valence-corrected chi connectivity index (χ2v) is 7.51. The lowest BCUT2D eigenvalue weighted by molar-refractivity contribution is 0.123. The Hall–Kier alpha value is 0.950. The van der Waals surface area contributed by atoms with Crippen LogP contribution in [-0.4, -0.2) is 15.3 Å². The SMILES string of the molecule is CC1SC(N)(S)C(C)(CCl)C1(C)C. The molecule has 1 rings (SSSR count). The van der Waals surface area contributed by atoms with Crippen LogP contribution in [0.3, 0.4) is 0 Å². The summed E-state index contributed by atoms with van der Waals surface area (Å²) in [6.45, 7) is 8.76. The van der Waals surface area contributed by atoms with Gasteiger partial charge >= 0.3 is 0 Å². The zero-order chi connectivity index (χ0) is 10.5. The van der Waals surface area contributed by atoms with Crippen LogP contribution in [0.4, 0.5) is 0 Å². The second-order valence-electron chi connectivity index (χ2n) is 4.64. The van der Waals surface area contributed by atoms with Crippen LogP contribution < -0.4 is 5.73 Å². The summed E-state index contributed by atoms with van der Waals surface area (Å²) < 4.78 is -0.516. The third-order valence-electron chi connectivity index (χ3n) is 3.85. The molecule has 4 heteroatoms. The first kappa shape index (κ1) is 12.0. The van der Waals surface area contributed by atoms with Crippen LogP contribution in [0.25, 0.3) is 0 Å². The molecular formula is C9H18ClNS2. The van der Waals surface area contributed by atoms with E-state index in [1.165, 1.54) is 0 Å². The van der Waals surface area contributed by atoms with E-state index in [0.717, 1.165) is 0 Å². The van der Waals surface area contributed by atoms with Gasteiger partial charge < -0.3 is 5.73 Å². The molecule has 3 atom stereocenters. The molecule has 1 nitrogen and oxygen atoms in total. The fraction of sp³-hybridized carbons (Fsp3) is 1.00. The number of thiol groups is 1. The zero-order valence-corrected chi connectivity index (χ0v) is 11.1. The maximum absolute atomic E-state index is 6.18. The molecule has 0 aromatic carbocycles. The average molecular weight is 240 g/mol. The molecule has 3 unspecified atom stereocenters. The summed E-state index contributed by atoms with van der Waals surface area (Å²) in [4.78, 5) is 0. The molecule has 1 heterocycles. The van der Waals surface area contributed by atoms with E-state index in [2.05, 4.69) is 40.3 Å². The molecule has 78 valence electrons. The number of thioether (sulfide) groups is 1. The Morgan fingerprint density at radius 3 is 2.08 bits per heavy atom. The number of hydrogen-bond acceptors (Lipinski definition) is 3. The van der Waals surface area contributed by atoms with Gasteiger partial charge in [0.1, 0.15) is 4.20 Å². The van der Waals surface area contributed by atoms with E-state index < -0.39 is 4.20 Å². The molecule has 1 fully saturated rings. The molecule has 2 N–H and O–H groups in total. The predicted molar refractivity (Wildman–Crippen MR) is 65.6 cm³/mol. The van der Waals surface area contributed by atoms with Gasteiger partial charge in [0, 0.05) is 16.5 Å². The Morgan fingerprint density at radius 1 is 1.46 bits per heavy atom. The van der Waals surface area contributed by atoms with Crippen molar-refractivity contribution in [3.63, 3.8) is 0 Å². The van der Waals surface area contributed by atoms with Gasteiger partial charge in [-0.25, -0.2) is 0 Å². The monoisotopic (exact) mass is 239 g/mol. The third-order valence-corrected chi connectivity index (χ3v) is 6.95. The minimum atomic E-state index is -0.516. The van der Waals surface area contributed by atoms with E-state index in [1.807, 2.05) is 0 Å². The van der Waals surface area contributed by atoms with Crippen molar-refractivity contribution in [3.8, 4) is 0 Å². The molecule has 1 aliphatic heterocycles. The minimum Gasteiger partial charge on any atom is -0.308 e. The zero-order valence-electron chi connectivity index (χ0n) is 8.60. The number of hydrogen-bond donors (Lipinski definition) is 2. The fourth-order valence-corrected chi connectivity index (χ4v) is 4.98. The number of alkyl halides is 1. The van der Waals surface area contributed by atoms with Crippen LogP contribution >= 0.6 is 36.0 Å². The largest absolute Gasteiger partial charge is 0.308 e. The smallest absolute Gasteiger partial charge is 0.113 e. The van der Waals surface area contributed by atoms with Gasteiger partial charge in [0.2, 0.25) is 0 Å². The number of rotatable bonds is 1. The summed E-state index contributed by atoms with van der Waals surface area (Å²) in [5.74, 6) is 0.553. The minimum absolute atomic E-state index is 0.121. The highest BCUT2D eigenvalue weighted by Gasteiger charge is 2.61. The second kappa shape index (κ2) is 3.22. The lowest BCUT2D eigenvalue weighted by Crippen LogP contribution is -2.51. The molecular weight excluding hydrogens is 222 g/mol. The summed E-state index contributed by atoms with van der Waals surface area (Å²) in [6, 6.07) is 0. The van der Waals surface area contributed by atoms with Crippen molar-refractivity contribution >= 4 is 36.0 Å². The van der Waals surface area contributed by atoms with Crippen molar-refractivity contribution in [2.75, 3.05) is 5.88 Å². The average Bonchev–Trinajstić information content (AvgIpc) is 2.10. The topological polar surface area (TPSA) is 26.0 Å². The molecule has 13 heavy (non-hydrogen) atoms. The highest BCUT2D eigenvalue weighted by molar-refractivity contribution is 8.12. The lowest BCUT2D eigenvalue weighted by Gasteiger charge is -2.44. The molecule has 0 aromatic rings. The van der Waals surface area contributed by atoms with Gasteiger partial charge in [-0.05, 0) is 5.41 Å². The Kier molecular flexibility index (Phi) is 2.98. The van der Waals surface area contributed by atoms with E-state index in [4.69, 9.17) is 17.3 Å². The van der Waals surface area contributed by atoms with Crippen molar-refractivity contribution < 1.29 is 0 Å². The highest BCUT2D eigenvalue weighted by atomic mass is 35.5. The van der Waals surface area contributed by atoms with Gasteiger partial charge in [0.05, 0.1) is 0 Å². The molecule has 0 amide bonds. The molecule has 1 aliphatic rings. The fourth-order valence-electron chi connectivity index (χ4n) is 1.73. The standard InChI is InChI=1S/C9H18ClNS2/c1-6-7(2,3)8(4,5-10)9(11,12)13-6/h6,12H,5,11H2,1-4H3. The Morgan fingerprint density at radius 2 is 1.92 bits per heavy atom. The molecule has 0 aromatic heterocycles. The van der Waals surface area contributed by atoms with Gasteiger partial charge in [-0.1, -0.05) is 27.7 Å². The quantitative estimate of drug-likeness (QED) is 0.418. The van der Waals surface area contributed by atoms with Gasteiger partial charge in [-0.3, -0.25) is 0 Å². The lowest BCUT2D eigenvalue weighted by atomic mass is 9.66. The molecule has 0 radical (unpaired) electrons. The van der Waals surface area contributed by atoms with Crippen molar-refractivity contribution in [3.05, 3.63) is 0 Å². The van der Waals surface area contributed by atoms with E-state index in [-0.39, 0.29) is 10.8 Å². The van der Waals surface area contributed by atoms with Crippen molar-refractivity contribution in [2.45, 2.75) is 37.1 Å². The van der Waals surface area contributed by atoms with Gasteiger partial charge in [0.15, 0.2) is 0 Å². The summed E-state index contributed by atoms with van der Waals surface area (Å²) in [7, 11) is 0.